The van der Waals surface area contributed by atoms with Gasteiger partial charge in [0, 0.05) is 44.2 Å². The van der Waals surface area contributed by atoms with Crippen molar-refractivity contribution in [2.75, 3.05) is 31.1 Å². The molecule has 3 aliphatic rings. The van der Waals surface area contributed by atoms with Gasteiger partial charge in [-0.3, -0.25) is 4.79 Å². The molecular formula is C18H24N2O. The molecule has 2 atom stereocenters. The van der Waals surface area contributed by atoms with Crippen LogP contribution in [0.4, 0.5) is 5.69 Å². The molecule has 3 nitrogen and oxygen atoms in total. The molecule has 1 aromatic rings. The topological polar surface area (TPSA) is 23.6 Å². The van der Waals surface area contributed by atoms with Crippen LogP contribution in [0, 0.1) is 5.92 Å². The lowest BCUT2D eigenvalue weighted by molar-refractivity contribution is -0.128. The van der Waals surface area contributed by atoms with Crippen LogP contribution in [-0.2, 0) is 10.2 Å². The highest BCUT2D eigenvalue weighted by Crippen LogP contribution is 2.59. The first-order valence-corrected chi connectivity index (χ1v) is 8.30. The van der Waals surface area contributed by atoms with E-state index in [4.69, 9.17) is 0 Å². The van der Waals surface area contributed by atoms with E-state index in [1.54, 1.807) is 6.92 Å². The van der Waals surface area contributed by atoms with E-state index in [0.717, 1.165) is 13.1 Å². The molecule has 0 bridgehead atoms. The van der Waals surface area contributed by atoms with E-state index in [2.05, 4.69) is 29.2 Å². The summed E-state index contributed by atoms with van der Waals surface area (Å²) in [5, 5.41) is 0. The Morgan fingerprint density at radius 2 is 1.86 bits per heavy atom. The van der Waals surface area contributed by atoms with Gasteiger partial charge in [0.25, 0.3) is 0 Å². The van der Waals surface area contributed by atoms with Crippen molar-refractivity contribution in [2.24, 2.45) is 5.92 Å². The molecule has 2 heterocycles. The zero-order chi connectivity index (χ0) is 14.4. The molecule has 3 fully saturated rings. The van der Waals surface area contributed by atoms with Crippen molar-refractivity contribution in [1.29, 1.82) is 0 Å². The first-order chi connectivity index (χ1) is 10.2. The fourth-order valence-electron chi connectivity index (χ4n) is 4.33. The van der Waals surface area contributed by atoms with Gasteiger partial charge in [0.05, 0.1) is 0 Å². The smallest absolute Gasteiger partial charge is 0.219 e. The summed E-state index contributed by atoms with van der Waals surface area (Å²) in [5.74, 6) is 0.925. The van der Waals surface area contributed by atoms with Gasteiger partial charge in [0.1, 0.15) is 0 Å². The van der Waals surface area contributed by atoms with Crippen LogP contribution in [0.5, 0.6) is 0 Å². The predicted molar refractivity (Wildman–Crippen MR) is 84.5 cm³/mol. The molecule has 21 heavy (non-hydrogen) atoms. The number of benzene rings is 1. The lowest BCUT2D eigenvalue weighted by Crippen LogP contribution is -2.31. The number of likely N-dealkylation sites (tertiary alicyclic amines) is 1. The Morgan fingerprint density at radius 1 is 1.14 bits per heavy atom. The van der Waals surface area contributed by atoms with E-state index in [1.165, 1.54) is 50.0 Å². The van der Waals surface area contributed by atoms with Gasteiger partial charge in [-0.25, -0.2) is 0 Å². The first-order valence-electron chi connectivity index (χ1n) is 8.30. The zero-order valence-electron chi connectivity index (χ0n) is 12.8. The van der Waals surface area contributed by atoms with E-state index >= 15 is 0 Å². The van der Waals surface area contributed by atoms with Gasteiger partial charge in [0.2, 0.25) is 5.91 Å². The van der Waals surface area contributed by atoms with E-state index in [1.807, 2.05) is 4.90 Å². The van der Waals surface area contributed by atoms with E-state index in [-0.39, 0.29) is 11.3 Å². The Bertz CT molecular complexity index is 547. The molecule has 1 aliphatic carbocycles. The molecule has 2 saturated heterocycles. The Morgan fingerprint density at radius 3 is 2.48 bits per heavy atom. The second-order valence-corrected chi connectivity index (χ2v) is 7.05. The molecular weight excluding hydrogens is 260 g/mol. The number of hydrogen-bond acceptors (Lipinski definition) is 2. The minimum absolute atomic E-state index is 0.228. The van der Waals surface area contributed by atoms with Gasteiger partial charge in [-0.15, -0.1) is 0 Å². The fraction of sp³-hybridized carbons (Fsp3) is 0.611. The van der Waals surface area contributed by atoms with Gasteiger partial charge in [-0.1, -0.05) is 12.1 Å². The minimum Gasteiger partial charge on any atom is -0.372 e. The molecule has 1 amide bonds. The lowest BCUT2D eigenvalue weighted by Gasteiger charge is -2.29. The van der Waals surface area contributed by atoms with Crippen LogP contribution in [0.2, 0.25) is 0 Å². The number of hydrogen-bond donors (Lipinski definition) is 0. The van der Waals surface area contributed by atoms with E-state index in [0.29, 0.717) is 5.92 Å². The van der Waals surface area contributed by atoms with Crippen molar-refractivity contribution in [3.8, 4) is 0 Å². The number of carbonyl (C=O) groups is 1. The summed E-state index contributed by atoms with van der Waals surface area (Å²) in [5.41, 5.74) is 3.09. The maximum atomic E-state index is 11.6. The molecule has 2 aliphatic heterocycles. The van der Waals surface area contributed by atoms with Crippen molar-refractivity contribution in [3.05, 3.63) is 29.8 Å². The summed E-state index contributed by atoms with van der Waals surface area (Å²) in [6, 6.07) is 9.21. The molecule has 112 valence electrons. The second kappa shape index (κ2) is 4.75. The van der Waals surface area contributed by atoms with Gasteiger partial charge in [-0.2, -0.15) is 0 Å². The predicted octanol–water partition coefficient (Wildman–Crippen LogP) is 2.80. The highest BCUT2D eigenvalue weighted by Gasteiger charge is 2.61. The zero-order valence-corrected chi connectivity index (χ0v) is 12.8. The first kappa shape index (κ1) is 13.2. The van der Waals surface area contributed by atoms with Crippen LogP contribution in [0.25, 0.3) is 0 Å². The van der Waals surface area contributed by atoms with Crippen LogP contribution in [-0.4, -0.2) is 37.0 Å². The summed E-state index contributed by atoms with van der Waals surface area (Å²) < 4.78 is 0. The van der Waals surface area contributed by atoms with Gasteiger partial charge in [0.15, 0.2) is 0 Å². The largest absolute Gasteiger partial charge is 0.372 e. The number of amides is 1. The monoisotopic (exact) mass is 284 g/mol. The van der Waals surface area contributed by atoms with Crippen LogP contribution in [0.1, 0.15) is 38.2 Å². The van der Waals surface area contributed by atoms with Crippen LogP contribution >= 0.6 is 0 Å². The number of nitrogens with zero attached hydrogens (tertiary/aromatic N) is 2. The molecule has 0 spiro atoms. The SMILES string of the molecule is CC(=O)N1CC2CC2(c2ccc(N3CCCCC3)cc2)C1. The third-order valence-corrected chi connectivity index (χ3v) is 5.75. The number of anilines is 1. The molecule has 0 N–H and O–H groups in total. The van der Waals surface area contributed by atoms with Crippen molar-refractivity contribution < 1.29 is 4.79 Å². The lowest BCUT2D eigenvalue weighted by atomic mass is 9.94. The molecule has 3 heteroatoms. The second-order valence-electron chi connectivity index (χ2n) is 7.05. The van der Waals surface area contributed by atoms with Crippen molar-refractivity contribution in [3.63, 3.8) is 0 Å². The third kappa shape index (κ3) is 2.14. The Balaban J connectivity index is 1.51. The van der Waals surface area contributed by atoms with E-state index < -0.39 is 0 Å². The molecule has 1 saturated carbocycles. The summed E-state index contributed by atoms with van der Waals surface area (Å²) in [6.07, 6.45) is 5.28. The fourth-order valence-corrected chi connectivity index (χ4v) is 4.33. The number of rotatable bonds is 2. The van der Waals surface area contributed by atoms with Crippen LogP contribution in [0.15, 0.2) is 24.3 Å². The summed E-state index contributed by atoms with van der Waals surface area (Å²) in [6.45, 7) is 5.98. The molecule has 0 radical (unpaired) electrons. The number of fused-ring (bicyclic) bond motifs is 1. The summed E-state index contributed by atoms with van der Waals surface area (Å²) >= 11 is 0. The van der Waals surface area contributed by atoms with Gasteiger partial charge >= 0.3 is 0 Å². The highest BCUT2D eigenvalue weighted by molar-refractivity contribution is 5.74. The van der Waals surface area contributed by atoms with Gasteiger partial charge < -0.3 is 9.80 Å². The summed E-state index contributed by atoms with van der Waals surface area (Å²) in [7, 11) is 0. The quantitative estimate of drug-likeness (QED) is 0.834. The minimum atomic E-state index is 0.228. The average molecular weight is 284 g/mol. The Labute approximate surface area is 126 Å². The average Bonchev–Trinajstić information content (AvgIpc) is 3.10. The Hall–Kier alpha value is -1.51. The highest BCUT2D eigenvalue weighted by atomic mass is 16.2. The molecule has 2 unspecified atom stereocenters. The van der Waals surface area contributed by atoms with Gasteiger partial charge in [-0.05, 0) is 49.3 Å². The Kier molecular flexibility index (Phi) is 2.98. The van der Waals surface area contributed by atoms with E-state index in [9.17, 15) is 4.79 Å². The number of carbonyl (C=O) groups excluding carboxylic acids is 1. The normalized spacial score (nSPS) is 31.2. The van der Waals surface area contributed by atoms with Crippen LogP contribution < -0.4 is 4.90 Å². The van der Waals surface area contributed by atoms with Crippen molar-refractivity contribution >= 4 is 11.6 Å². The van der Waals surface area contributed by atoms with Crippen molar-refractivity contribution in [1.82, 2.24) is 4.90 Å². The summed E-state index contributed by atoms with van der Waals surface area (Å²) in [4.78, 5) is 16.1. The standard InChI is InChI=1S/C18H24N2O/c1-14(21)20-12-16-11-18(16,13-20)15-5-7-17(8-6-15)19-9-3-2-4-10-19/h5-8,16H,2-4,9-13H2,1H3. The van der Waals surface area contributed by atoms with Crippen molar-refractivity contribution in [2.45, 2.75) is 38.0 Å². The maximum absolute atomic E-state index is 11.6. The molecule has 4 rings (SSSR count). The molecule has 0 aromatic heterocycles. The van der Waals surface area contributed by atoms with Crippen LogP contribution in [0.3, 0.4) is 0 Å². The maximum Gasteiger partial charge on any atom is 0.219 e. The number of piperidine rings is 2. The third-order valence-electron chi connectivity index (χ3n) is 5.75. The molecule has 1 aromatic carbocycles.